The predicted octanol–water partition coefficient (Wildman–Crippen LogP) is 4.02. The fourth-order valence-electron chi connectivity index (χ4n) is 4.31. The molecule has 0 aromatic rings. The molecule has 3 aliphatic carbocycles. The Morgan fingerprint density at radius 1 is 1.21 bits per heavy atom. The Balaban J connectivity index is 1.93. The maximum atomic E-state index is 2.58. The van der Waals surface area contributed by atoms with Crippen molar-refractivity contribution in [3.05, 3.63) is 11.6 Å². The molecule has 0 heterocycles. The molecule has 0 aromatic carbocycles. The Kier molecular flexibility index (Phi) is 1.70. The van der Waals surface area contributed by atoms with E-state index in [1.54, 1.807) is 0 Å². The molecule has 0 spiro atoms. The molecule has 0 saturated heterocycles. The summed E-state index contributed by atoms with van der Waals surface area (Å²) in [5.41, 5.74) is 2.51. The highest BCUT2D eigenvalue weighted by molar-refractivity contribution is 5.30. The summed E-state index contributed by atoms with van der Waals surface area (Å²) >= 11 is 0. The monoisotopic (exact) mass is 190 g/mol. The van der Waals surface area contributed by atoms with Gasteiger partial charge in [-0.05, 0) is 54.8 Å². The van der Waals surface area contributed by atoms with E-state index >= 15 is 0 Å². The van der Waals surface area contributed by atoms with Crippen LogP contribution in [0.1, 0.15) is 46.5 Å². The third-order valence-corrected chi connectivity index (χ3v) is 5.32. The van der Waals surface area contributed by atoms with Gasteiger partial charge in [0.25, 0.3) is 0 Å². The van der Waals surface area contributed by atoms with Gasteiger partial charge in [-0.15, -0.1) is 0 Å². The molecule has 0 amide bonds. The van der Waals surface area contributed by atoms with Crippen LogP contribution < -0.4 is 0 Å². The molecule has 14 heavy (non-hydrogen) atoms. The summed E-state index contributed by atoms with van der Waals surface area (Å²) < 4.78 is 0. The van der Waals surface area contributed by atoms with Gasteiger partial charge >= 0.3 is 0 Å². The first kappa shape index (κ1) is 9.00. The average molecular weight is 190 g/mol. The number of hydrogen-bond donors (Lipinski definition) is 0. The largest absolute Gasteiger partial charge is 0.0847 e. The summed E-state index contributed by atoms with van der Waals surface area (Å²) in [4.78, 5) is 0. The summed E-state index contributed by atoms with van der Waals surface area (Å²) in [6, 6.07) is 0. The Hall–Kier alpha value is -0.260. The maximum absolute atomic E-state index is 2.58. The fourth-order valence-corrected chi connectivity index (χ4v) is 4.31. The van der Waals surface area contributed by atoms with Gasteiger partial charge in [0, 0.05) is 0 Å². The SMILES string of the molecule is CC1CCC2C(C3=CCCC31)C2(C)C. The van der Waals surface area contributed by atoms with Crippen molar-refractivity contribution >= 4 is 0 Å². The minimum absolute atomic E-state index is 0.647. The van der Waals surface area contributed by atoms with Crippen molar-refractivity contribution in [3.63, 3.8) is 0 Å². The van der Waals surface area contributed by atoms with Crippen molar-refractivity contribution in [1.29, 1.82) is 0 Å². The molecular weight excluding hydrogens is 168 g/mol. The molecule has 3 aliphatic rings. The molecule has 0 N–H and O–H groups in total. The topological polar surface area (TPSA) is 0 Å². The smallest absolute Gasteiger partial charge is 0.0112 e. The van der Waals surface area contributed by atoms with Crippen molar-refractivity contribution in [2.45, 2.75) is 46.5 Å². The van der Waals surface area contributed by atoms with Crippen molar-refractivity contribution < 1.29 is 0 Å². The van der Waals surface area contributed by atoms with Crippen LogP contribution in [-0.4, -0.2) is 0 Å². The molecule has 78 valence electrons. The Bertz CT molecular complexity index is 284. The van der Waals surface area contributed by atoms with Crippen LogP contribution in [0.3, 0.4) is 0 Å². The molecule has 4 unspecified atom stereocenters. The second-order valence-corrected chi connectivity index (χ2v) is 6.35. The number of fused-ring (bicyclic) bond motifs is 3. The zero-order chi connectivity index (χ0) is 9.92. The first-order valence-electron chi connectivity index (χ1n) is 6.32. The van der Waals surface area contributed by atoms with Gasteiger partial charge in [-0.2, -0.15) is 0 Å². The van der Waals surface area contributed by atoms with Crippen LogP contribution in [0.2, 0.25) is 0 Å². The van der Waals surface area contributed by atoms with Crippen LogP contribution in [0, 0.1) is 29.1 Å². The van der Waals surface area contributed by atoms with Gasteiger partial charge in [-0.25, -0.2) is 0 Å². The van der Waals surface area contributed by atoms with Gasteiger partial charge in [-0.3, -0.25) is 0 Å². The molecule has 0 nitrogen and oxygen atoms in total. The minimum Gasteiger partial charge on any atom is -0.0847 e. The number of allylic oxidation sites excluding steroid dienone is 2. The summed E-state index contributed by atoms with van der Waals surface area (Å²) in [5, 5.41) is 0. The lowest BCUT2D eigenvalue weighted by Gasteiger charge is -2.22. The average Bonchev–Trinajstić information content (AvgIpc) is 2.54. The first-order chi connectivity index (χ1) is 6.62. The van der Waals surface area contributed by atoms with Gasteiger partial charge in [0.2, 0.25) is 0 Å². The molecule has 0 bridgehead atoms. The maximum Gasteiger partial charge on any atom is -0.0112 e. The van der Waals surface area contributed by atoms with E-state index in [4.69, 9.17) is 0 Å². The van der Waals surface area contributed by atoms with E-state index in [1.807, 2.05) is 5.57 Å². The van der Waals surface area contributed by atoms with E-state index in [-0.39, 0.29) is 0 Å². The molecule has 2 saturated carbocycles. The standard InChI is InChI=1S/C14H22/c1-9-7-8-12-13(14(12,2)3)11-6-4-5-10(9)11/h6,9-10,12-13H,4-5,7-8H2,1-3H3. The summed E-state index contributed by atoms with van der Waals surface area (Å²) in [5.74, 6) is 3.93. The van der Waals surface area contributed by atoms with Crippen LogP contribution in [0.5, 0.6) is 0 Å². The molecule has 0 aliphatic heterocycles. The molecule has 0 radical (unpaired) electrons. The third kappa shape index (κ3) is 1.00. The zero-order valence-electron chi connectivity index (χ0n) is 9.72. The Morgan fingerprint density at radius 3 is 2.79 bits per heavy atom. The normalized spacial score (nSPS) is 48.9. The van der Waals surface area contributed by atoms with Gasteiger partial charge in [0.1, 0.15) is 0 Å². The van der Waals surface area contributed by atoms with Crippen molar-refractivity contribution in [2.24, 2.45) is 29.1 Å². The van der Waals surface area contributed by atoms with Gasteiger partial charge in [0.05, 0.1) is 0 Å². The zero-order valence-corrected chi connectivity index (χ0v) is 9.72. The van der Waals surface area contributed by atoms with E-state index in [2.05, 4.69) is 26.8 Å². The van der Waals surface area contributed by atoms with Crippen molar-refractivity contribution in [2.75, 3.05) is 0 Å². The highest BCUT2D eigenvalue weighted by Crippen LogP contribution is 2.68. The second-order valence-electron chi connectivity index (χ2n) is 6.35. The minimum atomic E-state index is 0.647. The lowest BCUT2D eigenvalue weighted by atomic mass is 9.83. The first-order valence-corrected chi connectivity index (χ1v) is 6.32. The van der Waals surface area contributed by atoms with Crippen LogP contribution in [0.25, 0.3) is 0 Å². The molecule has 0 aromatic heterocycles. The van der Waals surface area contributed by atoms with Crippen LogP contribution in [0.4, 0.5) is 0 Å². The van der Waals surface area contributed by atoms with Crippen molar-refractivity contribution in [1.82, 2.24) is 0 Å². The summed E-state index contributed by atoms with van der Waals surface area (Å²) in [6.45, 7) is 7.44. The quantitative estimate of drug-likeness (QED) is 0.506. The van der Waals surface area contributed by atoms with E-state index in [9.17, 15) is 0 Å². The highest BCUT2D eigenvalue weighted by atomic mass is 14.6. The van der Waals surface area contributed by atoms with Crippen LogP contribution >= 0.6 is 0 Å². The van der Waals surface area contributed by atoms with Gasteiger partial charge in [0.15, 0.2) is 0 Å². The molecule has 4 atom stereocenters. The summed E-state index contributed by atoms with van der Waals surface area (Å²) in [7, 11) is 0. The Morgan fingerprint density at radius 2 is 2.00 bits per heavy atom. The van der Waals surface area contributed by atoms with Gasteiger partial charge in [-0.1, -0.05) is 32.4 Å². The summed E-state index contributed by atoms with van der Waals surface area (Å²) in [6.07, 6.45) is 8.37. The van der Waals surface area contributed by atoms with E-state index in [0.29, 0.717) is 5.41 Å². The van der Waals surface area contributed by atoms with E-state index < -0.39 is 0 Å². The predicted molar refractivity (Wildman–Crippen MR) is 60.0 cm³/mol. The Labute approximate surface area is 87.8 Å². The van der Waals surface area contributed by atoms with E-state index in [0.717, 1.165) is 23.7 Å². The highest BCUT2D eigenvalue weighted by Gasteiger charge is 2.61. The molecule has 2 fully saturated rings. The van der Waals surface area contributed by atoms with Crippen LogP contribution in [-0.2, 0) is 0 Å². The lowest BCUT2D eigenvalue weighted by Crippen LogP contribution is -2.13. The van der Waals surface area contributed by atoms with Gasteiger partial charge < -0.3 is 0 Å². The van der Waals surface area contributed by atoms with Crippen molar-refractivity contribution in [3.8, 4) is 0 Å². The molecular formula is C14H22. The second kappa shape index (κ2) is 2.65. The number of rotatable bonds is 0. The lowest BCUT2D eigenvalue weighted by molar-refractivity contribution is 0.351. The third-order valence-electron chi connectivity index (χ3n) is 5.32. The molecule has 3 rings (SSSR count). The molecule has 0 heteroatoms. The van der Waals surface area contributed by atoms with E-state index in [1.165, 1.54) is 25.7 Å². The fraction of sp³-hybridized carbons (Fsp3) is 0.857. The number of hydrogen-bond acceptors (Lipinski definition) is 0. The van der Waals surface area contributed by atoms with Crippen LogP contribution in [0.15, 0.2) is 11.6 Å².